The molecule has 0 amide bonds. The third kappa shape index (κ3) is 3.38. The molecule has 1 unspecified atom stereocenters. The summed E-state index contributed by atoms with van der Waals surface area (Å²) in [5.41, 5.74) is 6.95. The molecule has 84 valence electrons. The van der Waals surface area contributed by atoms with Gasteiger partial charge in [0.05, 0.1) is 11.6 Å². The van der Waals surface area contributed by atoms with Gasteiger partial charge in [-0.3, -0.25) is 0 Å². The van der Waals surface area contributed by atoms with E-state index in [1.807, 2.05) is 32.2 Å². The molecule has 1 rings (SSSR count). The first kappa shape index (κ1) is 12.3. The Balaban J connectivity index is 2.81. The Bertz CT molecular complexity index is 317. The van der Waals surface area contributed by atoms with E-state index in [9.17, 15) is 0 Å². The van der Waals surface area contributed by atoms with E-state index in [4.69, 9.17) is 22.1 Å². The second kappa shape index (κ2) is 5.95. The van der Waals surface area contributed by atoms with Crippen molar-refractivity contribution in [3.05, 3.63) is 28.8 Å². The van der Waals surface area contributed by atoms with Crippen LogP contribution in [0.4, 0.5) is 0 Å². The maximum absolute atomic E-state index is 6.05. The van der Waals surface area contributed by atoms with Crippen molar-refractivity contribution in [2.45, 2.75) is 13.0 Å². The highest BCUT2D eigenvalue weighted by Crippen LogP contribution is 2.27. The highest BCUT2D eigenvalue weighted by Gasteiger charge is 2.08. The van der Waals surface area contributed by atoms with Gasteiger partial charge in [-0.25, -0.2) is 0 Å². The summed E-state index contributed by atoms with van der Waals surface area (Å²) in [7, 11) is 1.87. The van der Waals surface area contributed by atoms with E-state index in [1.54, 1.807) is 0 Å². The van der Waals surface area contributed by atoms with Gasteiger partial charge in [-0.1, -0.05) is 17.7 Å². The lowest BCUT2D eigenvalue weighted by Gasteiger charge is -2.13. The van der Waals surface area contributed by atoms with Gasteiger partial charge in [0, 0.05) is 12.6 Å². The number of ether oxygens (including phenoxy) is 1. The fraction of sp³-hybridized carbons (Fsp3) is 0.455. The topological polar surface area (TPSA) is 47.3 Å². The molecule has 1 aromatic carbocycles. The molecule has 0 fully saturated rings. The molecule has 0 aliphatic heterocycles. The Labute approximate surface area is 95.6 Å². The van der Waals surface area contributed by atoms with Crippen molar-refractivity contribution in [1.82, 2.24) is 5.32 Å². The van der Waals surface area contributed by atoms with Crippen LogP contribution in [0.25, 0.3) is 0 Å². The summed E-state index contributed by atoms with van der Waals surface area (Å²) in [4.78, 5) is 0. The van der Waals surface area contributed by atoms with Crippen LogP contribution in [0, 0.1) is 0 Å². The molecule has 3 nitrogen and oxygen atoms in total. The SMILES string of the molecule is CCOc1ccc(C(N)CNC)cc1Cl. The van der Waals surface area contributed by atoms with Gasteiger partial charge in [0.25, 0.3) is 0 Å². The van der Waals surface area contributed by atoms with Gasteiger partial charge in [0.15, 0.2) is 0 Å². The van der Waals surface area contributed by atoms with Crippen LogP contribution in [0.1, 0.15) is 18.5 Å². The van der Waals surface area contributed by atoms with Crippen molar-refractivity contribution in [2.75, 3.05) is 20.2 Å². The predicted octanol–water partition coefficient (Wildman–Crippen LogP) is 1.96. The summed E-state index contributed by atoms with van der Waals surface area (Å²) < 4.78 is 5.34. The molecular weight excluding hydrogens is 212 g/mol. The van der Waals surface area contributed by atoms with E-state index >= 15 is 0 Å². The largest absolute Gasteiger partial charge is 0.492 e. The molecule has 0 bridgehead atoms. The Morgan fingerprint density at radius 1 is 1.53 bits per heavy atom. The van der Waals surface area contributed by atoms with E-state index in [0.717, 1.165) is 12.1 Å². The quantitative estimate of drug-likeness (QED) is 0.810. The minimum atomic E-state index is -0.0387. The van der Waals surface area contributed by atoms with E-state index in [1.165, 1.54) is 0 Å². The summed E-state index contributed by atoms with van der Waals surface area (Å²) in [6.07, 6.45) is 0. The number of hydrogen-bond acceptors (Lipinski definition) is 3. The van der Waals surface area contributed by atoms with E-state index < -0.39 is 0 Å². The summed E-state index contributed by atoms with van der Waals surface area (Å²) in [6.45, 7) is 3.27. The maximum atomic E-state index is 6.05. The third-order valence-corrected chi connectivity index (χ3v) is 2.40. The molecule has 15 heavy (non-hydrogen) atoms. The van der Waals surface area contributed by atoms with Crippen molar-refractivity contribution >= 4 is 11.6 Å². The highest BCUT2D eigenvalue weighted by atomic mass is 35.5. The van der Waals surface area contributed by atoms with Crippen molar-refractivity contribution < 1.29 is 4.74 Å². The highest BCUT2D eigenvalue weighted by molar-refractivity contribution is 6.32. The first-order valence-corrected chi connectivity index (χ1v) is 5.39. The van der Waals surface area contributed by atoms with Crippen LogP contribution in [0.2, 0.25) is 5.02 Å². The normalized spacial score (nSPS) is 12.5. The number of rotatable bonds is 5. The molecule has 0 aliphatic rings. The Kier molecular flexibility index (Phi) is 4.88. The minimum absolute atomic E-state index is 0.0387. The lowest BCUT2D eigenvalue weighted by Crippen LogP contribution is -2.23. The molecule has 0 saturated heterocycles. The van der Waals surface area contributed by atoms with Crippen LogP contribution in [0.5, 0.6) is 5.75 Å². The van der Waals surface area contributed by atoms with Crippen LogP contribution in [-0.2, 0) is 0 Å². The molecule has 0 saturated carbocycles. The van der Waals surface area contributed by atoms with Crippen LogP contribution in [0.15, 0.2) is 18.2 Å². The second-order valence-corrected chi connectivity index (χ2v) is 3.69. The number of hydrogen-bond donors (Lipinski definition) is 2. The standard InChI is InChI=1S/C11H17ClN2O/c1-3-15-11-5-4-8(6-9(11)12)10(13)7-14-2/h4-6,10,14H,3,7,13H2,1-2H3. The summed E-state index contributed by atoms with van der Waals surface area (Å²) in [5.74, 6) is 0.708. The molecule has 0 aliphatic carbocycles. The molecule has 0 aromatic heterocycles. The average molecular weight is 229 g/mol. The fourth-order valence-electron chi connectivity index (χ4n) is 1.36. The molecule has 3 N–H and O–H groups in total. The number of nitrogens with one attached hydrogen (secondary N) is 1. The molecule has 1 atom stereocenters. The van der Waals surface area contributed by atoms with Crippen LogP contribution in [-0.4, -0.2) is 20.2 Å². The van der Waals surface area contributed by atoms with Crippen molar-refractivity contribution in [3.63, 3.8) is 0 Å². The van der Waals surface area contributed by atoms with Gasteiger partial charge in [-0.2, -0.15) is 0 Å². The first-order valence-electron chi connectivity index (χ1n) is 5.01. The summed E-state index contributed by atoms with van der Waals surface area (Å²) in [6, 6.07) is 5.62. The fourth-order valence-corrected chi connectivity index (χ4v) is 1.60. The van der Waals surface area contributed by atoms with E-state index in [2.05, 4.69) is 5.32 Å². The predicted molar refractivity (Wildman–Crippen MR) is 63.5 cm³/mol. The van der Waals surface area contributed by atoms with Crippen molar-refractivity contribution in [3.8, 4) is 5.75 Å². The average Bonchev–Trinajstić information content (AvgIpc) is 2.21. The minimum Gasteiger partial charge on any atom is -0.492 e. The van der Waals surface area contributed by atoms with Gasteiger partial charge < -0.3 is 15.8 Å². The molecular formula is C11H17ClN2O. The van der Waals surface area contributed by atoms with Crippen LogP contribution >= 0.6 is 11.6 Å². The number of likely N-dealkylation sites (N-methyl/N-ethyl adjacent to an activating group) is 1. The molecule has 0 spiro atoms. The second-order valence-electron chi connectivity index (χ2n) is 3.29. The maximum Gasteiger partial charge on any atom is 0.137 e. The van der Waals surface area contributed by atoms with Gasteiger partial charge in [-0.05, 0) is 31.7 Å². The van der Waals surface area contributed by atoms with E-state index in [0.29, 0.717) is 17.4 Å². The Morgan fingerprint density at radius 3 is 2.80 bits per heavy atom. The molecule has 0 heterocycles. The van der Waals surface area contributed by atoms with Crippen molar-refractivity contribution in [1.29, 1.82) is 0 Å². The van der Waals surface area contributed by atoms with Crippen molar-refractivity contribution in [2.24, 2.45) is 5.73 Å². The Morgan fingerprint density at radius 2 is 2.27 bits per heavy atom. The number of halogens is 1. The van der Waals surface area contributed by atoms with Gasteiger partial charge in [0.2, 0.25) is 0 Å². The third-order valence-electron chi connectivity index (χ3n) is 2.11. The monoisotopic (exact) mass is 228 g/mol. The number of benzene rings is 1. The van der Waals surface area contributed by atoms with Gasteiger partial charge in [-0.15, -0.1) is 0 Å². The van der Waals surface area contributed by atoms with Crippen LogP contribution in [0.3, 0.4) is 0 Å². The van der Waals surface area contributed by atoms with Gasteiger partial charge in [0.1, 0.15) is 5.75 Å². The smallest absolute Gasteiger partial charge is 0.137 e. The zero-order valence-electron chi connectivity index (χ0n) is 9.09. The Hall–Kier alpha value is -0.770. The molecule has 1 aromatic rings. The first-order chi connectivity index (χ1) is 7.19. The van der Waals surface area contributed by atoms with Crippen LogP contribution < -0.4 is 15.8 Å². The zero-order valence-corrected chi connectivity index (χ0v) is 9.84. The molecule has 4 heteroatoms. The summed E-state index contributed by atoms with van der Waals surface area (Å²) in [5, 5.41) is 3.64. The van der Waals surface area contributed by atoms with E-state index in [-0.39, 0.29) is 6.04 Å². The molecule has 0 radical (unpaired) electrons. The zero-order chi connectivity index (χ0) is 11.3. The summed E-state index contributed by atoms with van der Waals surface area (Å²) >= 11 is 6.05. The van der Waals surface area contributed by atoms with Gasteiger partial charge >= 0.3 is 0 Å². The number of nitrogens with two attached hydrogens (primary N) is 1. The lowest BCUT2D eigenvalue weighted by molar-refractivity contribution is 0.340. The lowest BCUT2D eigenvalue weighted by atomic mass is 10.1.